The summed E-state index contributed by atoms with van der Waals surface area (Å²) in [6, 6.07) is 0.426. The van der Waals surface area contributed by atoms with E-state index in [1.54, 1.807) is 0 Å². The Morgan fingerprint density at radius 1 is 1.53 bits per heavy atom. The highest BCUT2D eigenvalue weighted by molar-refractivity contribution is 7.80. The highest BCUT2D eigenvalue weighted by Gasteiger charge is 2.30. The molecule has 1 saturated carbocycles. The molecule has 2 rings (SSSR count). The number of hydrogen-bond acceptors (Lipinski definition) is 2. The predicted molar refractivity (Wildman–Crippen MR) is 71.8 cm³/mol. The van der Waals surface area contributed by atoms with Crippen LogP contribution >= 0.6 is 12.2 Å². The first kappa shape index (κ1) is 12.6. The molecule has 0 spiro atoms. The smallest absolute Gasteiger partial charge is 0.242 e. The molecule has 0 radical (unpaired) electrons. The molecule has 0 aromatic heterocycles. The van der Waals surface area contributed by atoms with Gasteiger partial charge in [-0.15, -0.1) is 0 Å². The number of hydrogen-bond donors (Lipinski definition) is 2. The van der Waals surface area contributed by atoms with Crippen LogP contribution in [0.2, 0.25) is 0 Å². The Hall–Kier alpha value is -0.840. The highest BCUT2D eigenvalue weighted by Crippen LogP contribution is 2.18. The standard InChI is InChI=1S/C12H21N3OS/c1-2-10-11(16)13-7-8-15(10)12(17)14-9-5-3-4-6-9/h9-10H,2-8H2,1H3,(H,13,16)(H,14,17). The molecule has 4 nitrogen and oxygen atoms in total. The maximum atomic E-state index is 11.7. The van der Waals surface area contributed by atoms with Crippen molar-refractivity contribution in [1.82, 2.24) is 15.5 Å². The van der Waals surface area contributed by atoms with Crippen LogP contribution in [0.1, 0.15) is 39.0 Å². The second kappa shape index (κ2) is 5.67. The van der Waals surface area contributed by atoms with E-state index < -0.39 is 0 Å². The van der Waals surface area contributed by atoms with Gasteiger partial charge in [0, 0.05) is 19.1 Å². The van der Waals surface area contributed by atoms with Crippen molar-refractivity contribution in [3.63, 3.8) is 0 Å². The van der Waals surface area contributed by atoms with Gasteiger partial charge in [-0.3, -0.25) is 4.79 Å². The summed E-state index contributed by atoms with van der Waals surface area (Å²) >= 11 is 5.44. The second-order valence-electron chi connectivity index (χ2n) is 4.84. The third-order valence-corrected chi connectivity index (χ3v) is 4.01. The number of thiocarbonyl (C=S) groups is 1. The van der Waals surface area contributed by atoms with Gasteiger partial charge >= 0.3 is 0 Å². The van der Waals surface area contributed by atoms with Gasteiger partial charge in [-0.1, -0.05) is 19.8 Å². The summed E-state index contributed by atoms with van der Waals surface area (Å²) < 4.78 is 0. The Bertz CT molecular complexity index is 302. The molecule has 0 bridgehead atoms. The maximum absolute atomic E-state index is 11.7. The minimum Gasteiger partial charge on any atom is -0.360 e. The molecule has 2 aliphatic rings. The van der Waals surface area contributed by atoms with Crippen LogP contribution in [0.5, 0.6) is 0 Å². The summed E-state index contributed by atoms with van der Waals surface area (Å²) in [5, 5.41) is 7.07. The monoisotopic (exact) mass is 255 g/mol. The van der Waals surface area contributed by atoms with Crippen LogP contribution in [-0.2, 0) is 4.79 Å². The molecular formula is C12H21N3OS. The molecule has 1 heterocycles. The number of nitrogens with zero attached hydrogens (tertiary/aromatic N) is 1. The normalized spacial score (nSPS) is 25.8. The second-order valence-corrected chi connectivity index (χ2v) is 5.23. The van der Waals surface area contributed by atoms with E-state index in [1.165, 1.54) is 25.7 Å². The molecule has 1 aliphatic carbocycles. The van der Waals surface area contributed by atoms with E-state index in [-0.39, 0.29) is 11.9 Å². The van der Waals surface area contributed by atoms with E-state index in [9.17, 15) is 4.79 Å². The third kappa shape index (κ3) is 2.89. The highest BCUT2D eigenvalue weighted by atomic mass is 32.1. The first-order valence-corrected chi connectivity index (χ1v) is 6.98. The van der Waals surface area contributed by atoms with Crippen molar-refractivity contribution < 1.29 is 4.79 Å². The Kier molecular flexibility index (Phi) is 4.20. The van der Waals surface area contributed by atoms with Gasteiger partial charge in [-0.25, -0.2) is 0 Å². The number of nitrogens with one attached hydrogen (secondary N) is 2. The molecule has 1 saturated heterocycles. The van der Waals surface area contributed by atoms with Crippen molar-refractivity contribution in [3.8, 4) is 0 Å². The van der Waals surface area contributed by atoms with Gasteiger partial charge in [-0.05, 0) is 31.5 Å². The summed E-state index contributed by atoms with van der Waals surface area (Å²) in [6.45, 7) is 3.55. The van der Waals surface area contributed by atoms with Gasteiger partial charge in [-0.2, -0.15) is 0 Å². The van der Waals surface area contributed by atoms with Gasteiger partial charge in [0.2, 0.25) is 5.91 Å². The average molecular weight is 255 g/mol. The predicted octanol–water partition coefficient (Wildman–Crippen LogP) is 1.01. The van der Waals surface area contributed by atoms with E-state index in [1.807, 2.05) is 11.8 Å². The maximum Gasteiger partial charge on any atom is 0.242 e. The minimum absolute atomic E-state index is 0.0925. The van der Waals surface area contributed by atoms with E-state index in [0.717, 1.165) is 18.1 Å². The van der Waals surface area contributed by atoms with Crippen LogP contribution < -0.4 is 10.6 Å². The fourth-order valence-corrected chi connectivity index (χ4v) is 3.08. The van der Waals surface area contributed by atoms with Crippen molar-refractivity contribution >= 4 is 23.2 Å². The molecule has 96 valence electrons. The number of amides is 1. The Morgan fingerprint density at radius 2 is 2.24 bits per heavy atom. The molecule has 1 atom stereocenters. The Morgan fingerprint density at radius 3 is 2.88 bits per heavy atom. The quantitative estimate of drug-likeness (QED) is 0.723. The van der Waals surface area contributed by atoms with Crippen molar-refractivity contribution in [1.29, 1.82) is 0 Å². The topological polar surface area (TPSA) is 44.4 Å². The van der Waals surface area contributed by atoms with Crippen LogP contribution in [-0.4, -0.2) is 41.1 Å². The lowest BCUT2D eigenvalue weighted by molar-refractivity contribution is -0.127. The van der Waals surface area contributed by atoms with Gasteiger partial charge in [0.05, 0.1) is 0 Å². The lowest BCUT2D eigenvalue weighted by atomic mass is 10.1. The molecule has 1 aliphatic heterocycles. The number of piperazine rings is 1. The molecule has 2 N–H and O–H groups in total. The van der Waals surface area contributed by atoms with Crippen molar-refractivity contribution in [2.75, 3.05) is 13.1 Å². The zero-order valence-electron chi connectivity index (χ0n) is 10.4. The van der Waals surface area contributed by atoms with Gasteiger partial charge in [0.15, 0.2) is 5.11 Å². The summed E-state index contributed by atoms with van der Waals surface area (Å²) in [4.78, 5) is 13.8. The minimum atomic E-state index is -0.0925. The van der Waals surface area contributed by atoms with Crippen molar-refractivity contribution in [2.45, 2.75) is 51.1 Å². The molecule has 5 heteroatoms. The SMILES string of the molecule is CCC1C(=O)NCCN1C(=S)NC1CCCC1. The van der Waals surface area contributed by atoms with E-state index in [0.29, 0.717) is 12.6 Å². The van der Waals surface area contributed by atoms with E-state index in [2.05, 4.69) is 10.6 Å². The summed E-state index contributed by atoms with van der Waals surface area (Å²) in [5.41, 5.74) is 0. The number of carbonyl (C=O) groups excluding carboxylic acids is 1. The molecule has 17 heavy (non-hydrogen) atoms. The number of rotatable bonds is 2. The van der Waals surface area contributed by atoms with Crippen LogP contribution in [0.25, 0.3) is 0 Å². The molecular weight excluding hydrogens is 234 g/mol. The van der Waals surface area contributed by atoms with Crippen LogP contribution in [0, 0.1) is 0 Å². The zero-order chi connectivity index (χ0) is 12.3. The molecule has 1 amide bonds. The summed E-state index contributed by atoms with van der Waals surface area (Å²) in [6.07, 6.45) is 5.79. The van der Waals surface area contributed by atoms with E-state index >= 15 is 0 Å². The Balaban J connectivity index is 1.94. The number of carbonyl (C=O) groups is 1. The van der Waals surface area contributed by atoms with Crippen LogP contribution in [0.4, 0.5) is 0 Å². The average Bonchev–Trinajstić information content (AvgIpc) is 2.81. The summed E-state index contributed by atoms with van der Waals surface area (Å²) in [5.74, 6) is 0.106. The zero-order valence-corrected chi connectivity index (χ0v) is 11.2. The molecule has 1 unspecified atom stereocenters. The first-order valence-electron chi connectivity index (χ1n) is 6.57. The van der Waals surface area contributed by atoms with Gasteiger partial charge < -0.3 is 15.5 Å². The van der Waals surface area contributed by atoms with Crippen molar-refractivity contribution in [3.05, 3.63) is 0 Å². The lowest BCUT2D eigenvalue weighted by Gasteiger charge is -2.37. The van der Waals surface area contributed by atoms with Crippen LogP contribution in [0.3, 0.4) is 0 Å². The lowest BCUT2D eigenvalue weighted by Crippen LogP contribution is -2.59. The van der Waals surface area contributed by atoms with Crippen molar-refractivity contribution in [2.24, 2.45) is 0 Å². The molecule has 2 fully saturated rings. The van der Waals surface area contributed by atoms with Crippen LogP contribution in [0.15, 0.2) is 0 Å². The Labute approximate surface area is 108 Å². The van der Waals surface area contributed by atoms with Gasteiger partial charge in [0.1, 0.15) is 6.04 Å². The third-order valence-electron chi connectivity index (χ3n) is 3.66. The molecule has 0 aromatic rings. The summed E-state index contributed by atoms with van der Waals surface area (Å²) in [7, 11) is 0. The fraction of sp³-hybridized carbons (Fsp3) is 0.833. The largest absolute Gasteiger partial charge is 0.360 e. The molecule has 0 aromatic carbocycles. The van der Waals surface area contributed by atoms with Gasteiger partial charge in [0.25, 0.3) is 0 Å². The first-order chi connectivity index (χ1) is 8.22. The fourth-order valence-electron chi connectivity index (χ4n) is 2.69. The van der Waals surface area contributed by atoms with E-state index in [4.69, 9.17) is 12.2 Å².